The van der Waals surface area contributed by atoms with Gasteiger partial charge in [-0.25, -0.2) is 4.79 Å². The molecule has 0 bridgehead atoms. The Bertz CT molecular complexity index is 405. The molecular formula is C11H12N2O3. The Kier molecular flexibility index (Phi) is 2.87. The molecule has 0 unspecified atom stereocenters. The van der Waals surface area contributed by atoms with Gasteiger partial charge < -0.3 is 15.8 Å². The van der Waals surface area contributed by atoms with Gasteiger partial charge in [-0.3, -0.25) is 4.79 Å². The van der Waals surface area contributed by atoms with Gasteiger partial charge in [0, 0.05) is 0 Å². The van der Waals surface area contributed by atoms with Gasteiger partial charge in [-0.2, -0.15) is 0 Å². The first-order chi connectivity index (χ1) is 7.68. The number of amides is 1. The van der Waals surface area contributed by atoms with E-state index in [1.807, 2.05) is 6.07 Å². The molecule has 2 atom stereocenters. The lowest BCUT2D eigenvalue weighted by Gasteiger charge is -2.33. The molecule has 1 amide bonds. The molecule has 1 saturated heterocycles. The molecule has 1 aliphatic heterocycles. The molecule has 1 aromatic carbocycles. The number of hydrogen-bond donors (Lipinski definition) is 2. The third kappa shape index (κ3) is 2.04. The van der Waals surface area contributed by atoms with E-state index in [2.05, 4.69) is 5.32 Å². The van der Waals surface area contributed by atoms with E-state index in [1.54, 1.807) is 24.3 Å². The summed E-state index contributed by atoms with van der Waals surface area (Å²) in [6.07, 6.45) is 0. The van der Waals surface area contributed by atoms with Gasteiger partial charge in [0.15, 0.2) is 0 Å². The zero-order valence-electron chi connectivity index (χ0n) is 8.55. The Morgan fingerprint density at radius 3 is 2.62 bits per heavy atom. The van der Waals surface area contributed by atoms with Crippen molar-refractivity contribution in [3.8, 4) is 0 Å². The van der Waals surface area contributed by atoms with Crippen LogP contribution >= 0.6 is 0 Å². The average molecular weight is 220 g/mol. The fourth-order valence-electron chi connectivity index (χ4n) is 1.42. The molecule has 0 saturated carbocycles. The molecule has 84 valence electrons. The topological polar surface area (TPSA) is 81.4 Å². The Morgan fingerprint density at radius 2 is 2.06 bits per heavy atom. The number of ether oxygens (including phenoxy) is 1. The predicted octanol–water partition coefficient (Wildman–Crippen LogP) is -0.331. The van der Waals surface area contributed by atoms with Gasteiger partial charge in [0.25, 0.3) is 0 Å². The number of nitrogens with two attached hydrogens (primary N) is 1. The largest absolute Gasteiger partial charge is 0.460 e. The van der Waals surface area contributed by atoms with E-state index in [0.29, 0.717) is 5.56 Å². The summed E-state index contributed by atoms with van der Waals surface area (Å²) in [6.45, 7) is 0.112. The maximum Gasteiger partial charge on any atom is 0.338 e. The highest BCUT2D eigenvalue weighted by Crippen LogP contribution is 2.06. The first-order valence-electron chi connectivity index (χ1n) is 4.96. The zero-order valence-corrected chi connectivity index (χ0v) is 8.55. The molecule has 0 radical (unpaired) electrons. The smallest absolute Gasteiger partial charge is 0.338 e. The summed E-state index contributed by atoms with van der Waals surface area (Å²) in [5, 5.41) is 2.56. The van der Waals surface area contributed by atoms with E-state index in [9.17, 15) is 9.59 Å². The van der Waals surface area contributed by atoms with Gasteiger partial charge in [-0.05, 0) is 12.1 Å². The summed E-state index contributed by atoms with van der Waals surface area (Å²) in [4.78, 5) is 22.3. The summed E-state index contributed by atoms with van der Waals surface area (Å²) in [6, 6.07) is 7.84. The maximum absolute atomic E-state index is 11.5. The molecule has 1 aromatic rings. The van der Waals surface area contributed by atoms with Gasteiger partial charge in [0.05, 0.1) is 11.6 Å². The van der Waals surface area contributed by atoms with Crippen molar-refractivity contribution in [3.05, 3.63) is 35.9 Å². The third-order valence-electron chi connectivity index (χ3n) is 2.47. The quantitative estimate of drug-likeness (QED) is 0.540. The van der Waals surface area contributed by atoms with Crippen molar-refractivity contribution in [1.82, 2.24) is 5.32 Å². The van der Waals surface area contributed by atoms with Crippen LogP contribution in [0.4, 0.5) is 0 Å². The highest BCUT2D eigenvalue weighted by molar-refractivity contribution is 5.90. The number of benzene rings is 1. The number of nitrogens with one attached hydrogen (secondary N) is 1. The molecule has 1 fully saturated rings. The summed E-state index contributed by atoms with van der Waals surface area (Å²) in [5.74, 6) is -0.616. The van der Waals surface area contributed by atoms with E-state index in [0.717, 1.165) is 0 Å². The van der Waals surface area contributed by atoms with Gasteiger partial charge in [-0.1, -0.05) is 18.2 Å². The Balaban J connectivity index is 1.83. The van der Waals surface area contributed by atoms with Crippen LogP contribution in [-0.4, -0.2) is 30.6 Å². The highest BCUT2D eigenvalue weighted by atomic mass is 16.5. The van der Waals surface area contributed by atoms with Crippen LogP contribution in [-0.2, 0) is 9.53 Å². The number of hydrogen-bond acceptors (Lipinski definition) is 4. The Morgan fingerprint density at radius 1 is 1.38 bits per heavy atom. The van der Waals surface area contributed by atoms with Gasteiger partial charge in [0.1, 0.15) is 12.6 Å². The second-order valence-corrected chi connectivity index (χ2v) is 3.61. The molecule has 0 spiro atoms. The molecule has 5 nitrogen and oxygen atoms in total. The van der Waals surface area contributed by atoms with Crippen molar-refractivity contribution in [1.29, 1.82) is 0 Å². The maximum atomic E-state index is 11.5. The van der Waals surface area contributed by atoms with Crippen LogP contribution in [0.2, 0.25) is 0 Å². The van der Waals surface area contributed by atoms with Gasteiger partial charge in [0.2, 0.25) is 5.91 Å². The van der Waals surface area contributed by atoms with Crippen molar-refractivity contribution < 1.29 is 14.3 Å². The van der Waals surface area contributed by atoms with Crippen molar-refractivity contribution in [2.75, 3.05) is 6.61 Å². The first kappa shape index (κ1) is 10.6. The fourth-order valence-corrected chi connectivity index (χ4v) is 1.42. The number of esters is 1. The number of carbonyl (C=O) groups is 2. The second kappa shape index (κ2) is 4.32. The monoisotopic (exact) mass is 220 g/mol. The van der Waals surface area contributed by atoms with E-state index in [-0.39, 0.29) is 18.6 Å². The Hall–Kier alpha value is -1.88. The standard InChI is InChI=1S/C11H12N2O3/c12-9-8(13-10(9)14)6-16-11(15)7-4-2-1-3-5-7/h1-5,8-9H,6,12H2,(H,13,14)/t8-,9+/m0/s1. The molecule has 5 heteroatoms. The minimum Gasteiger partial charge on any atom is -0.460 e. The predicted molar refractivity (Wildman–Crippen MR) is 56.6 cm³/mol. The van der Waals surface area contributed by atoms with Crippen LogP contribution in [0.1, 0.15) is 10.4 Å². The molecule has 2 rings (SSSR count). The van der Waals surface area contributed by atoms with Crippen LogP contribution < -0.4 is 11.1 Å². The molecular weight excluding hydrogens is 208 g/mol. The van der Waals surface area contributed by atoms with Crippen molar-refractivity contribution in [2.45, 2.75) is 12.1 Å². The lowest BCUT2D eigenvalue weighted by Crippen LogP contribution is -2.68. The van der Waals surface area contributed by atoms with Crippen molar-refractivity contribution in [3.63, 3.8) is 0 Å². The van der Waals surface area contributed by atoms with Crippen LogP contribution in [0.25, 0.3) is 0 Å². The van der Waals surface area contributed by atoms with E-state index in [4.69, 9.17) is 10.5 Å². The summed E-state index contributed by atoms with van der Waals surface area (Å²) in [5.41, 5.74) is 5.98. The van der Waals surface area contributed by atoms with E-state index < -0.39 is 12.0 Å². The second-order valence-electron chi connectivity index (χ2n) is 3.61. The molecule has 3 N–H and O–H groups in total. The molecule has 1 heterocycles. The van der Waals surface area contributed by atoms with Crippen LogP contribution in [0.15, 0.2) is 30.3 Å². The molecule has 1 aliphatic rings. The van der Waals surface area contributed by atoms with E-state index in [1.165, 1.54) is 0 Å². The lowest BCUT2D eigenvalue weighted by atomic mass is 10.0. The summed E-state index contributed by atoms with van der Waals surface area (Å²) >= 11 is 0. The van der Waals surface area contributed by atoms with Crippen molar-refractivity contribution >= 4 is 11.9 Å². The highest BCUT2D eigenvalue weighted by Gasteiger charge is 2.36. The van der Waals surface area contributed by atoms with Crippen LogP contribution in [0, 0.1) is 0 Å². The minimum absolute atomic E-state index is 0.112. The fraction of sp³-hybridized carbons (Fsp3) is 0.273. The molecule has 16 heavy (non-hydrogen) atoms. The zero-order chi connectivity index (χ0) is 11.5. The average Bonchev–Trinajstić information content (AvgIpc) is 2.34. The van der Waals surface area contributed by atoms with Crippen LogP contribution in [0.3, 0.4) is 0 Å². The molecule has 0 aromatic heterocycles. The van der Waals surface area contributed by atoms with Crippen molar-refractivity contribution in [2.24, 2.45) is 5.73 Å². The van der Waals surface area contributed by atoms with Crippen LogP contribution in [0.5, 0.6) is 0 Å². The number of carbonyl (C=O) groups excluding carboxylic acids is 2. The third-order valence-corrected chi connectivity index (χ3v) is 2.47. The molecule has 0 aliphatic carbocycles. The summed E-state index contributed by atoms with van der Waals surface area (Å²) < 4.78 is 5.02. The van der Waals surface area contributed by atoms with Gasteiger partial charge >= 0.3 is 5.97 Å². The number of β-lactam (4-membered cyclic amide) rings is 1. The van der Waals surface area contributed by atoms with Gasteiger partial charge in [-0.15, -0.1) is 0 Å². The minimum atomic E-state index is -0.566. The Labute approximate surface area is 92.6 Å². The first-order valence-corrected chi connectivity index (χ1v) is 4.96. The SMILES string of the molecule is N[C@H]1C(=O)N[C@H]1COC(=O)c1ccccc1. The lowest BCUT2D eigenvalue weighted by molar-refractivity contribution is -0.131. The normalized spacial score (nSPS) is 23.2. The number of rotatable bonds is 3. The summed E-state index contributed by atoms with van der Waals surface area (Å²) in [7, 11) is 0. The van der Waals surface area contributed by atoms with E-state index >= 15 is 0 Å².